The van der Waals surface area contributed by atoms with Gasteiger partial charge >= 0.3 is 0 Å². The van der Waals surface area contributed by atoms with E-state index in [9.17, 15) is 14.4 Å². The third-order valence-corrected chi connectivity index (χ3v) is 4.98. The minimum atomic E-state index is -0.821. The first-order valence-corrected chi connectivity index (χ1v) is 10.7. The van der Waals surface area contributed by atoms with Gasteiger partial charge in [-0.1, -0.05) is 13.3 Å². The Kier molecular flexibility index (Phi) is 7.98. The first-order chi connectivity index (χ1) is 14.5. The molecular formula is C21H29N5O4S. The van der Waals surface area contributed by atoms with Gasteiger partial charge in [0.2, 0.25) is 5.91 Å². The molecular weight excluding hydrogens is 418 g/mol. The molecule has 10 heteroatoms. The summed E-state index contributed by atoms with van der Waals surface area (Å²) in [5.74, 6) is -1.05. The molecule has 0 saturated heterocycles. The van der Waals surface area contributed by atoms with Crippen molar-refractivity contribution in [3.8, 4) is 5.75 Å². The number of ether oxygens (including phenoxy) is 1. The SMILES string of the molecule is CCCCOc1ccc(N(CC(=O)NC(C)(C)C)C(=O)c2snc(C(N)=O)c2N)cc1. The summed E-state index contributed by atoms with van der Waals surface area (Å²) in [6.45, 7) is 7.97. The Bertz CT molecular complexity index is 934. The Morgan fingerprint density at radius 1 is 1.19 bits per heavy atom. The van der Waals surface area contributed by atoms with Gasteiger partial charge in [-0.05, 0) is 63.0 Å². The molecule has 0 bridgehead atoms. The summed E-state index contributed by atoms with van der Waals surface area (Å²) in [5, 5.41) is 2.83. The van der Waals surface area contributed by atoms with Gasteiger partial charge in [0.1, 0.15) is 17.2 Å². The summed E-state index contributed by atoms with van der Waals surface area (Å²) in [7, 11) is 0. The second-order valence-electron chi connectivity index (χ2n) is 8.02. The number of benzene rings is 1. The molecule has 0 saturated carbocycles. The maximum atomic E-state index is 13.3. The minimum Gasteiger partial charge on any atom is -0.494 e. The molecule has 1 heterocycles. The Balaban J connectivity index is 2.33. The van der Waals surface area contributed by atoms with Gasteiger partial charge in [-0.15, -0.1) is 0 Å². The lowest BCUT2D eigenvalue weighted by Gasteiger charge is -2.26. The fraction of sp³-hybridized carbons (Fsp3) is 0.429. The van der Waals surface area contributed by atoms with Crippen LogP contribution in [0.15, 0.2) is 24.3 Å². The van der Waals surface area contributed by atoms with Crippen molar-refractivity contribution in [2.75, 3.05) is 23.8 Å². The average Bonchev–Trinajstić information content (AvgIpc) is 3.07. The molecule has 0 fully saturated rings. The fourth-order valence-electron chi connectivity index (χ4n) is 2.69. The molecule has 0 aliphatic carbocycles. The molecule has 2 rings (SSSR count). The molecule has 9 nitrogen and oxygen atoms in total. The van der Waals surface area contributed by atoms with Gasteiger partial charge in [0, 0.05) is 11.2 Å². The monoisotopic (exact) mass is 447 g/mol. The topological polar surface area (TPSA) is 141 Å². The lowest BCUT2D eigenvalue weighted by molar-refractivity contribution is -0.121. The third kappa shape index (κ3) is 6.68. The predicted octanol–water partition coefficient (Wildman–Crippen LogP) is 2.56. The summed E-state index contributed by atoms with van der Waals surface area (Å²) >= 11 is 0.769. The number of amides is 3. The number of nitrogen functional groups attached to an aromatic ring is 1. The van der Waals surface area contributed by atoms with Crippen LogP contribution < -0.4 is 26.4 Å². The quantitative estimate of drug-likeness (QED) is 0.505. The summed E-state index contributed by atoms with van der Waals surface area (Å²) in [6, 6.07) is 6.85. The second-order valence-corrected chi connectivity index (χ2v) is 8.80. The molecule has 0 aliphatic heterocycles. The van der Waals surface area contributed by atoms with E-state index in [1.807, 2.05) is 20.8 Å². The number of rotatable bonds is 9. The summed E-state index contributed by atoms with van der Waals surface area (Å²) < 4.78 is 9.54. The third-order valence-electron chi connectivity index (χ3n) is 4.13. The maximum Gasteiger partial charge on any atom is 0.272 e. The number of nitrogens with one attached hydrogen (secondary N) is 1. The van der Waals surface area contributed by atoms with Crippen LogP contribution in [0.1, 0.15) is 60.7 Å². The van der Waals surface area contributed by atoms with Gasteiger partial charge in [0.15, 0.2) is 5.69 Å². The van der Waals surface area contributed by atoms with E-state index in [1.165, 1.54) is 4.90 Å². The van der Waals surface area contributed by atoms with Gasteiger partial charge in [0.25, 0.3) is 11.8 Å². The summed E-state index contributed by atoms with van der Waals surface area (Å²) in [6.07, 6.45) is 1.96. The minimum absolute atomic E-state index is 0.0423. The molecule has 1 aromatic carbocycles. The molecule has 0 unspecified atom stereocenters. The number of carbonyl (C=O) groups excluding carboxylic acids is 3. The van der Waals surface area contributed by atoms with E-state index in [1.54, 1.807) is 24.3 Å². The second kappa shape index (κ2) is 10.3. The number of nitrogens with two attached hydrogens (primary N) is 2. The molecule has 3 amide bonds. The van der Waals surface area contributed by atoms with E-state index in [4.69, 9.17) is 16.2 Å². The highest BCUT2D eigenvalue weighted by atomic mass is 32.1. The first kappa shape index (κ1) is 24.1. The number of primary amides is 1. The van der Waals surface area contributed by atoms with E-state index in [2.05, 4.69) is 16.6 Å². The van der Waals surface area contributed by atoms with Crippen molar-refractivity contribution in [1.82, 2.24) is 9.69 Å². The van der Waals surface area contributed by atoms with Crippen LogP contribution in [0.3, 0.4) is 0 Å². The van der Waals surface area contributed by atoms with E-state index in [0.29, 0.717) is 18.0 Å². The fourth-order valence-corrected chi connectivity index (χ4v) is 3.44. The number of anilines is 2. The molecule has 0 spiro atoms. The van der Waals surface area contributed by atoms with Crippen LogP contribution in [0.2, 0.25) is 0 Å². The zero-order valence-corrected chi connectivity index (χ0v) is 19.0. The van der Waals surface area contributed by atoms with Crippen LogP contribution in [0.4, 0.5) is 11.4 Å². The number of aromatic nitrogens is 1. The highest BCUT2D eigenvalue weighted by Crippen LogP contribution is 2.27. The zero-order valence-electron chi connectivity index (χ0n) is 18.2. The maximum absolute atomic E-state index is 13.3. The molecule has 2 aromatic rings. The lowest BCUT2D eigenvalue weighted by Crippen LogP contribution is -2.47. The van der Waals surface area contributed by atoms with E-state index in [-0.39, 0.29) is 28.7 Å². The van der Waals surface area contributed by atoms with Crippen molar-refractivity contribution < 1.29 is 19.1 Å². The van der Waals surface area contributed by atoms with Crippen LogP contribution >= 0.6 is 11.5 Å². The van der Waals surface area contributed by atoms with Gasteiger partial charge < -0.3 is 21.5 Å². The van der Waals surface area contributed by atoms with Crippen molar-refractivity contribution in [2.45, 2.75) is 46.1 Å². The van der Waals surface area contributed by atoms with E-state index in [0.717, 1.165) is 24.4 Å². The smallest absolute Gasteiger partial charge is 0.272 e. The normalized spacial score (nSPS) is 11.1. The van der Waals surface area contributed by atoms with Crippen molar-refractivity contribution in [1.29, 1.82) is 0 Å². The molecule has 0 radical (unpaired) electrons. The lowest BCUT2D eigenvalue weighted by atomic mass is 10.1. The predicted molar refractivity (Wildman–Crippen MR) is 121 cm³/mol. The number of nitrogens with zero attached hydrogens (tertiary/aromatic N) is 2. The summed E-state index contributed by atoms with van der Waals surface area (Å²) in [5.41, 5.74) is 10.9. The molecule has 0 aliphatic rings. The standard InChI is InChI=1S/C21H29N5O4S/c1-5-6-11-30-14-9-7-13(8-10-14)26(12-15(27)24-21(2,3)4)20(29)18-16(22)17(19(23)28)25-31-18/h7-10H,5-6,11-12,22H2,1-4H3,(H2,23,28)(H,24,27). The van der Waals surface area contributed by atoms with Crippen LogP contribution in [0.25, 0.3) is 0 Å². The highest BCUT2D eigenvalue weighted by molar-refractivity contribution is 7.09. The molecule has 31 heavy (non-hydrogen) atoms. The van der Waals surface area contributed by atoms with Crippen molar-refractivity contribution in [3.05, 3.63) is 34.8 Å². The highest BCUT2D eigenvalue weighted by Gasteiger charge is 2.28. The van der Waals surface area contributed by atoms with E-state index < -0.39 is 17.4 Å². The molecule has 0 atom stereocenters. The number of unbranched alkanes of at least 4 members (excludes halogenated alkanes) is 1. The largest absolute Gasteiger partial charge is 0.494 e. The number of hydrogen-bond donors (Lipinski definition) is 3. The average molecular weight is 448 g/mol. The van der Waals surface area contributed by atoms with Crippen molar-refractivity contribution in [2.24, 2.45) is 5.73 Å². The number of carbonyl (C=O) groups is 3. The van der Waals surface area contributed by atoms with Gasteiger partial charge in [-0.3, -0.25) is 19.3 Å². The molecule has 5 N–H and O–H groups in total. The van der Waals surface area contributed by atoms with Gasteiger partial charge in [-0.25, -0.2) is 0 Å². The van der Waals surface area contributed by atoms with Crippen LogP contribution in [0.5, 0.6) is 5.75 Å². The first-order valence-electron chi connectivity index (χ1n) is 9.94. The van der Waals surface area contributed by atoms with Gasteiger partial charge in [-0.2, -0.15) is 4.37 Å². The zero-order chi connectivity index (χ0) is 23.2. The van der Waals surface area contributed by atoms with Crippen LogP contribution in [-0.4, -0.2) is 40.8 Å². The Hall–Kier alpha value is -3.14. The van der Waals surface area contributed by atoms with Gasteiger partial charge in [0.05, 0.1) is 12.3 Å². The van der Waals surface area contributed by atoms with Crippen molar-refractivity contribution in [3.63, 3.8) is 0 Å². The molecule has 168 valence electrons. The summed E-state index contributed by atoms with van der Waals surface area (Å²) in [4.78, 5) is 38.6. The Morgan fingerprint density at radius 2 is 1.84 bits per heavy atom. The van der Waals surface area contributed by atoms with Crippen LogP contribution in [-0.2, 0) is 4.79 Å². The Morgan fingerprint density at radius 3 is 2.35 bits per heavy atom. The molecule has 1 aromatic heterocycles. The Labute approximate surface area is 185 Å². The van der Waals surface area contributed by atoms with E-state index >= 15 is 0 Å². The van der Waals surface area contributed by atoms with Crippen molar-refractivity contribution >= 4 is 40.6 Å². The van der Waals surface area contributed by atoms with Crippen LogP contribution in [0, 0.1) is 0 Å². The number of hydrogen-bond acceptors (Lipinski definition) is 7.